The zero-order valence-corrected chi connectivity index (χ0v) is 9.29. The molecule has 0 aromatic heterocycles. The molecule has 0 saturated heterocycles. The first-order chi connectivity index (χ1) is 7.65. The Labute approximate surface area is 94.3 Å². The van der Waals surface area contributed by atoms with Gasteiger partial charge >= 0.3 is 5.97 Å². The fourth-order valence-electron chi connectivity index (χ4n) is 1.39. The minimum absolute atomic E-state index is 0.0309. The number of anilines is 1. The van der Waals surface area contributed by atoms with Gasteiger partial charge in [0.25, 0.3) is 0 Å². The van der Waals surface area contributed by atoms with Crippen LogP contribution in [0.25, 0.3) is 0 Å². The number of carboxylic acids is 1. The lowest BCUT2D eigenvalue weighted by molar-refractivity contribution is 0.0696. The third-order valence-corrected chi connectivity index (χ3v) is 2.31. The van der Waals surface area contributed by atoms with Crippen LogP contribution in [0.1, 0.15) is 36.5 Å². The Bertz CT molecular complexity index is 366. The average Bonchev–Trinajstić information content (AvgIpc) is 2.26. The van der Waals surface area contributed by atoms with Gasteiger partial charge in [0.1, 0.15) is 5.82 Å². The molecule has 0 atom stereocenters. The van der Waals surface area contributed by atoms with Crippen molar-refractivity contribution in [1.82, 2.24) is 0 Å². The smallest absolute Gasteiger partial charge is 0.335 e. The topological polar surface area (TPSA) is 49.3 Å². The highest BCUT2D eigenvalue weighted by Gasteiger charge is 2.07. The molecule has 0 aliphatic heterocycles. The molecule has 0 bridgehead atoms. The van der Waals surface area contributed by atoms with E-state index in [1.807, 2.05) is 0 Å². The van der Waals surface area contributed by atoms with E-state index in [1.165, 1.54) is 12.1 Å². The van der Waals surface area contributed by atoms with E-state index in [1.54, 1.807) is 0 Å². The summed E-state index contributed by atoms with van der Waals surface area (Å²) in [4.78, 5) is 10.6. The second kappa shape index (κ2) is 6.10. The van der Waals surface area contributed by atoms with Gasteiger partial charge in [-0.1, -0.05) is 19.8 Å². The molecule has 0 radical (unpaired) electrons. The number of hydrogen-bond donors (Lipinski definition) is 2. The molecule has 88 valence electrons. The van der Waals surface area contributed by atoms with E-state index >= 15 is 0 Å². The summed E-state index contributed by atoms with van der Waals surface area (Å²) in [5.74, 6) is -1.63. The van der Waals surface area contributed by atoms with Crippen molar-refractivity contribution in [2.75, 3.05) is 11.9 Å². The van der Waals surface area contributed by atoms with Gasteiger partial charge in [-0.05, 0) is 24.6 Å². The molecular weight excluding hydrogens is 209 g/mol. The van der Waals surface area contributed by atoms with Gasteiger partial charge in [-0.15, -0.1) is 0 Å². The summed E-state index contributed by atoms with van der Waals surface area (Å²) < 4.78 is 13.4. The van der Waals surface area contributed by atoms with Gasteiger partial charge in [0.2, 0.25) is 0 Å². The number of aromatic carboxylic acids is 1. The maximum Gasteiger partial charge on any atom is 0.335 e. The molecule has 0 unspecified atom stereocenters. The van der Waals surface area contributed by atoms with Crippen LogP contribution >= 0.6 is 0 Å². The fourth-order valence-corrected chi connectivity index (χ4v) is 1.39. The summed E-state index contributed by atoms with van der Waals surface area (Å²) in [6, 6.07) is 3.89. The molecule has 1 aromatic carbocycles. The summed E-state index contributed by atoms with van der Waals surface area (Å²) in [5, 5.41) is 11.6. The minimum atomic E-state index is -1.11. The van der Waals surface area contributed by atoms with Gasteiger partial charge in [-0.2, -0.15) is 0 Å². The Morgan fingerprint density at radius 1 is 1.44 bits per heavy atom. The van der Waals surface area contributed by atoms with Crippen LogP contribution in [0.3, 0.4) is 0 Å². The van der Waals surface area contributed by atoms with Gasteiger partial charge in [0.15, 0.2) is 0 Å². The van der Waals surface area contributed by atoms with Crippen LogP contribution in [0.2, 0.25) is 0 Å². The summed E-state index contributed by atoms with van der Waals surface area (Å²) in [6.07, 6.45) is 3.20. The maximum absolute atomic E-state index is 13.4. The number of benzene rings is 1. The zero-order chi connectivity index (χ0) is 12.0. The van der Waals surface area contributed by atoms with Crippen molar-refractivity contribution in [2.45, 2.75) is 26.2 Å². The molecule has 16 heavy (non-hydrogen) atoms. The van der Waals surface area contributed by atoms with Crippen LogP contribution in [0.4, 0.5) is 10.1 Å². The Hall–Kier alpha value is -1.58. The van der Waals surface area contributed by atoms with E-state index in [-0.39, 0.29) is 5.56 Å². The minimum Gasteiger partial charge on any atom is -0.478 e. The van der Waals surface area contributed by atoms with Crippen LogP contribution in [0.15, 0.2) is 18.2 Å². The summed E-state index contributed by atoms with van der Waals surface area (Å²) in [6.45, 7) is 2.80. The van der Waals surface area contributed by atoms with E-state index in [4.69, 9.17) is 5.11 Å². The lowest BCUT2D eigenvalue weighted by Gasteiger charge is -2.07. The number of nitrogens with one attached hydrogen (secondary N) is 1. The molecule has 0 aliphatic carbocycles. The number of hydrogen-bond acceptors (Lipinski definition) is 2. The first kappa shape index (κ1) is 12.5. The molecule has 4 heteroatoms. The van der Waals surface area contributed by atoms with Crippen LogP contribution in [-0.2, 0) is 0 Å². The SMILES string of the molecule is CCCCCNc1ccc(C(=O)O)cc1F. The van der Waals surface area contributed by atoms with Gasteiger partial charge in [-0.3, -0.25) is 0 Å². The molecule has 3 nitrogen and oxygen atoms in total. The zero-order valence-electron chi connectivity index (χ0n) is 9.29. The van der Waals surface area contributed by atoms with Crippen molar-refractivity contribution in [3.05, 3.63) is 29.6 Å². The molecule has 0 fully saturated rings. The number of carboxylic acid groups (broad SMARTS) is 1. The third kappa shape index (κ3) is 3.53. The molecule has 1 rings (SSSR count). The second-order valence-electron chi connectivity index (χ2n) is 3.63. The monoisotopic (exact) mass is 225 g/mol. The number of halogens is 1. The van der Waals surface area contributed by atoms with Crippen molar-refractivity contribution in [2.24, 2.45) is 0 Å². The normalized spacial score (nSPS) is 10.1. The van der Waals surface area contributed by atoms with E-state index in [9.17, 15) is 9.18 Å². The van der Waals surface area contributed by atoms with Crippen LogP contribution in [-0.4, -0.2) is 17.6 Å². The van der Waals surface area contributed by atoms with Gasteiger partial charge in [0.05, 0.1) is 11.3 Å². The Morgan fingerprint density at radius 3 is 2.75 bits per heavy atom. The van der Waals surface area contributed by atoms with Crippen molar-refractivity contribution in [3.8, 4) is 0 Å². The lowest BCUT2D eigenvalue weighted by atomic mass is 10.2. The van der Waals surface area contributed by atoms with Crippen molar-refractivity contribution in [1.29, 1.82) is 0 Å². The molecule has 0 saturated carbocycles. The molecule has 2 N–H and O–H groups in total. The summed E-state index contributed by atoms with van der Waals surface area (Å²) >= 11 is 0. The van der Waals surface area contributed by atoms with E-state index in [2.05, 4.69) is 12.2 Å². The first-order valence-electron chi connectivity index (χ1n) is 5.42. The van der Waals surface area contributed by atoms with Gasteiger partial charge < -0.3 is 10.4 Å². The average molecular weight is 225 g/mol. The molecule has 0 heterocycles. The fraction of sp³-hybridized carbons (Fsp3) is 0.417. The predicted molar refractivity (Wildman–Crippen MR) is 61.4 cm³/mol. The predicted octanol–water partition coefficient (Wildman–Crippen LogP) is 3.13. The first-order valence-corrected chi connectivity index (χ1v) is 5.42. The van der Waals surface area contributed by atoms with E-state index in [0.29, 0.717) is 12.2 Å². The highest BCUT2D eigenvalue weighted by atomic mass is 19.1. The van der Waals surface area contributed by atoms with Crippen molar-refractivity contribution in [3.63, 3.8) is 0 Å². The van der Waals surface area contributed by atoms with Crippen LogP contribution in [0.5, 0.6) is 0 Å². The Balaban J connectivity index is 2.57. The maximum atomic E-state index is 13.4. The Morgan fingerprint density at radius 2 is 2.19 bits per heavy atom. The van der Waals surface area contributed by atoms with Crippen LogP contribution < -0.4 is 5.32 Å². The lowest BCUT2D eigenvalue weighted by Crippen LogP contribution is -2.05. The molecule has 0 spiro atoms. The van der Waals surface area contributed by atoms with Gasteiger partial charge in [-0.25, -0.2) is 9.18 Å². The van der Waals surface area contributed by atoms with Crippen LogP contribution in [0, 0.1) is 5.82 Å². The largest absolute Gasteiger partial charge is 0.478 e. The van der Waals surface area contributed by atoms with Crippen molar-refractivity contribution >= 4 is 11.7 Å². The highest BCUT2D eigenvalue weighted by Crippen LogP contribution is 2.15. The number of carbonyl (C=O) groups is 1. The highest BCUT2D eigenvalue weighted by molar-refractivity contribution is 5.88. The van der Waals surface area contributed by atoms with E-state index in [0.717, 1.165) is 25.3 Å². The molecule has 0 aliphatic rings. The standard InChI is InChI=1S/C12H16FNO2/c1-2-3-4-7-14-11-6-5-9(12(15)16)8-10(11)13/h5-6,8,14H,2-4,7H2,1H3,(H,15,16). The second-order valence-corrected chi connectivity index (χ2v) is 3.63. The quantitative estimate of drug-likeness (QED) is 0.731. The summed E-state index contributed by atoms with van der Waals surface area (Å²) in [5.41, 5.74) is 0.331. The van der Waals surface area contributed by atoms with Crippen molar-refractivity contribution < 1.29 is 14.3 Å². The Kier molecular flexibility index (Phi) is 4.76. The van der Waals surface area contributed by atoms with E-state index < -0.39 is 11.8 Å². The summed E-state index contributed by atoms with van der Waals surface area (Å²) in [7, 11) is 0. The molecule has 0 amide bonds. The molecular formula is C12H16FNO2. The third-order valence-electron chi connectivity index (χ3n) is 2.31. The molecule has 1 aromatic rings. The van der Waals surface area contributed by atoms with Gasteiger partial charge in [0, 0.05) is 6.54 Å². The number of unbranched alkanes of at least 4 members (excludes halogenated alkanes) is 2. The number of rotatable bonds is 6.